The molecule has 1 aliphatic heterocycles. The maximum Gasteiger partial charge on any atom is 0.238 e. The molecule has 1 saturated heterocycles. The molecule has 146 valence electrons. The maximum atomic E-state index is 13.0. The van der Waals surface area contributed by atoms with Crippen molar-refractivity contribution in [3.8, 4) is 11.6 Å². The molecule has 0 radical (unpaired) electrons. The normalized spacial score (nSPS) is 19.6. The van der Waals surface area contributed by atoms with E-state index in [2.05, 4.69) is 26.2 Å². The van der Waals surface area contributed by atoms with Gasteiger partial charge in [-0.05, 0) is 36.9 Å². The molecule has 1 aliphatic rings. The van der Waals surface area contributed by atoms with E-state index in [-0.39, 0.29) is 17.9 Å². The van der Waals surface area contributed by atoms with Gasteiger partial charge in [0.15, 0.2) is 5.82 Å². The number of hydrogen-bond donors (Lipinski definition) is 1. The fourth-order valence-corrected chi connectivity index (χ4v) is 4.70. The van der Waals surface area contributed by atoms with Gasteiger partial charge < -0.3 is 14.4 Å². The number of amides is 1. The summed E-state index contributed by atoms with van der Waals surface area (Å²) in [7, 11) is 0. The van der Waals surface area contributed by atoms with Crippen LogP contribution in [0.2, 0.25) is 0 Å². The van der Waals surface area contributed by atoms with Crippen LogP contribution in [0, 0.1) is 6.92 Å². The minimum Gasteiger partial charge on any atom is -0.342 e. The largest absolute Gasteiger partial charge is 0.342 e. The molecule has 0 saturated carbocycles. The summed E-state index contributed by atoms with van der Waals surface area (Å²) in [6, 6.07) is 11.9. The quantitative estimate of drug-likeness (QED) is 0.541. The number of imidazole rings is 1. The molecule has 2 atom stereocenters. The van der Waals surface area contributed by atoms with Crippen molar-refractivity contribution >= 4 is 22.9 Å². The number of carbonyl (C=O) groups excluding carboxylic acids is 1. The first-order valence-electron chi connectivity index (χ1n) is 9.46. The lowest BCUT2D eigenvalue weighted by Gasteiger charge is -2.39. The number of nitrogens with one attached hydrogen (secondary N) is 1. The zero-order chi connectivity index (χ0) is 19.8. The van der Waals surface area contributed by atoms with Gasteiger partial charge in [0.05, 0.1) is 12.0 Å². The van der Waals surface area contributed by atoms with Crippen LogP contribution in [0.15, 0.2) is 58.7 Å². The lowest BCUT2D eigenvalue weighted by molar-refractivity contribution is -0.120. The highest BCUT2D eigenvalue weighted by Crippen LogP contribution is 2.46. The summed E-state index contributed by atoms with van der Waals surface area (Å²) in [5, 5.41) is 6.13. The number of carbonyl (C=O) groups is 1. The molecular weight excluding hydrogens is 386 g/mol. The van der Waals surface area contributed by atoms with E-state index in [1.165, 1.54) is 0 Å². The summed E-state index contributed by atoms with van der Waals surface area (Å²) < 4.78 is 5.64. The Morgan fingerprint density at radius 3 is 2.83 bits per heavy atom. The fourth-order valence-electron chi connectivity index (χ4n) is 3.82. The van der Waals surface area contributed by atoms with Gasteiger partial charge in [-0.15, -0.1) is 11.3 Å². The first-order valence-corrected chi connectivity index (χ1v) is 10.3. The second kappa shape index (κ2) is 7.29. The number of aromatic amines is 1. The Morgan fingerprint density at radius 2 is 2.10 bits per heavy atom. The zero-order valence-electron chi connectivity index (χ0n) is 15.8. The van der Waals surface area contributed by atoms with Gasteiger partial charge in [-0.3, -0.25) is 4.79 Å². The number of thiophene rings is 1. The van der Waals surface area contributed by atoms with E-state index in [0.29, 0.717) is 30.4 Å². The summed E-state index contributed by atoms with van der Waals surface area (Å²) in [6.45, 7) is 2.04. The Bertz CT molecular complexity index is 1100. The van der Waals surface area contributed by atoms with Crippen LogP contribution in [-0.2, 0) is 4.79 Å². The molecule has 1 aromatic carbocycles. The van der Waals surface area contributed by atoms with E-state index >= 15 is 0 Å². The van der Waals surface area contributed by atoms with Crippen LogP contribution in [0.3, 0.4) is 0 Å². The van der Waals surface area contributed by atoms with Gasteiger partial charge in [0.25, 0.3) is 0 Å². The van der Waals surface area contributed by atoms with Crippen molar-refractivity contribution in [1.82, 2.24) is 20.1 Å². The number of H-pyrrole nitrogens is 1. The molecule has 5 rings (SSSR count). The average Bonchev–Trinajstić information content (AvgIpc) is 3.50. The third-order valence-corrected chi connectivity index (χ3v) is 6.16. The van der Waals surface area contributed by atoms with Gasteiger partial charge in [0.1, 0.15) is 0 Å². The fraction of sp³-hybridized carbons (Fsp3) is 0.238. The van der Waals surface area contributed by atoms with Crippen molar-refractivity contribution in [3.63, 3.8) is 0 Å². The third kappa shape index (κ3) is 3.25. The molecule has 4 heterocycles. The molecule has 1 fully saturated rings. The van der Waals surface area contributed by atoms with Crippen molar-refractivity contribution < 1.29 is 9.32 Å². The van der Waals surface area contributed by atoms with E-state index in [4.69, 9.17) is 4.52 Å². The van der Waals surface area contributed by atoms with Gasteiger partial charge in [-0.2, -0.15) is 4.98 Å². The smallest absolute Gasteiger partial charge is 0.238 e. The average molecular weight is 405 g/mol. The molecule has 0 aliphatic carbocycles. The summed E-state index contributed by atoms with van der Waals surface area (Å²) in [5.41, 5.74) is 2.04. The number of piperidine rings is 1. The number of nitrogens with zero attached hydrogens (tertiary/aromatic N) is 4. The Morgan fingerprint density at radius 1 is 1.24 bits per heavy atom. The van der Waals surface area contributed by atoms with Crippen molar-refractivity contribution in [1.29, 1.82) is 0 Å². The third-order valence-electron chi connectivity index (χ3n) is 5.21. The van der Waals surface area contributed by atoms with Gasteiger partial charge in [0.2, 0.25) is 17.6 Å². The summed E-state index contributed by atoms with van der Waals surface area (Å²) >= 11 is 1.63. The number of rotatable bonds is 4. The second-order valence-electron chi connectivity index (χ2n) is 7.10. The molecule has 4 aromatic rings. The van der Waals surface area contributed by atoms with Gasteiger partial charge in [-0.1, -0.05) is 28.9 Å². The minimum atomic E-state index is -0.191. The number of aryl methyl sites for hydroxylation is 1. The summed E-state index contributed by atoms with van der Waals surface area (Å²) in [5.74, 6) is 1.53. The van der Waals surface area contributed by atoms with Crippen LogP contribution in [0.1, 0.15) is 41.1 Å². The van der Waals surface area contributed by atoms with Crippen molar-refractivity contribution in [2.24, 2.45) is 0 Å². The van der Waals surface area contributed by atoms with Crippen LogP contribution in [0.5, 0.6) is 0 Å². The van der Waals surface area contributed by atoms with Crippen molar-refractivity contribution in [2.45, 2.75) is 31.7 Å². The molecule has 0 unspecified atom stereocenters. The predicted molar refractivity (Wildman–Crippen MR) is 110 cm³/mol. The Hall–Kier alpha value is -3.26. The predicted octanol–water partition coefficient (Wildman–Crippen LogP) is 4.48. The number of hydrogen-bond acceptors (Lipinski definition) is 6. The van der Waals surface area contributed by atoms with Crippen LogP contribution < -0.4 is 4.90 Å². The zero-order valence-corrected chi connectivity index (χ0v) is 16.6. The van der Waals surface area contributed by atoms with E-state index in [1.54, 1.807) is 23.7 Å². The number of aromatic nitrogens is 4. The topological polar surface area (TPSA) is 87.9 Å². The van der Waals surface area contributed by atoms with Crippen molar-refractivity contribution in [3.05, 3.63) is 70.5 Å². The number of anilines is 1. The van der Waals surface area contributed by atoms with E-state index in [0.717, 1.165) is 16.1 Å². The molecule has 0 bridgehead atoms. The highest BCUT2D eigenvalue weighted by atomic mass is 32.1. The summed E-state index contributed by atoms with van der Waals surface area (Å²) in [6.07, 6.45) is 4.46. The lowest BCUT2D eigenvalue weighted by Crippen LogP contribution is -2.42. The molecular formula is C21H19N5O2S. The second-order valence-corrected chi connectivity index (χ2v) is 8.08. The van der Waals surface area contributed by atoms with Gasteiger partial charge >= 0.3 is 0 Å². The first kappa shape index (κ1) is 17.8. The minimum absolute atomic E-state index is 0.0936. The molecule has 0 spiro atoms. The first-order chi connectivity index (χ1) is 14.2. The highest BCUT2D eigenvalue weighted by Gasteiger charge is 2.42. The van der Waals surface area contributed by atoms with Crippen LogP contribution in [0.25, 0.3) is 11.6 Å². The SMILES string of the molecule is Cc1ccc(N2C(=O)CC[C@H](c3nc(-c4ncc[nH]4)no3)[C@@H]2c2cccs2)cc1. The molecule has 7 nitrogen and oxygen atoms in total. The highest BCUT2D eigenvalue weighted by molar-refractivity contribution is 7.10. The monoisotopic (exact) mass is 405 g/mol. The van der Waals surface area contributed by atoms with Crippen LogP contribution >= 0.6 is 11.3 Å². The molecule has 29 heavy (non-hydrogen) atoms. The Kier molecular flexibility index (Phi) is 4.48. The molecule has 1 amide bonds. The molecule has 8 heteroatoms. The van der Waals surface area contributed by atoms with Crippen LogP contribution in [0.4, 0.5) is 5.69 Å². The van der Waals surface area contributed by atoms with Gasteiger partial charge in [0, 0.05) is 29.4 Å². The molecule has 3 aromatic heterocycles. The summed E-state index contributed by atoms with van der Waals surface area (Å²) in [4.78, 5) is 27.8. The van der Waals surface area contributed by atoms with E-state index in [1.807, 2.05) is 47.5 Å². The maximum absolute atomic E-state index is 13.0. The number of benzene rings is 1. The van der Waals surface area contributed by atoms with Gasteiger partial charge in [-0.25, -0.2) is 4.98 Å². The van der Waals surface area contributed by atoms with Crippen molar-refractivity contribution in [2.75, 3.05) is 4.90 Å². The standard InChI is InChI=1S/C21H19N5O2S/c1-13-4-6-14(7-5-13)26-17(27)9-8-15(18(26)16-3-2-12-29-16)21-24-20(25-28-21)19-22-10-11-23-19/h2-7,10-12,15,18H,8-9H2,1H3,(H,22,23)/t15-,18+/m0/s1. The Labute approximate surface area is 171 Å². The van der Waals surface area contributed by atoms with Crippen LogP contribution in [-0.4, -0.2) is 26.0 Å². The lowest BCUT2D eigenvalue weighted by atomic mass is 9.87. The van der Waals surface area contributed by atoms with E-state index in [9.17, 15) is 4.79 Å². The Balaban J connectivity index is 1.57. The van der Waals surface area contributed by atoms with E-state index < -0.39 is 0 Å². The molecule has 1 N–H and O–H groups in total.